The average molecular weight is 436 g/mol. The Morgan fingerprint density at radius 3 is 2.41 bits per heavy atom. The van der Waals surface area contributed by atoms with Gasteiger partial charge in [-0.25, -0.2) is 4.79 Å². The normalized spacial score (nSPS) is 11.0. The maximum absolute atomic E-state index is 12.9. The summed E-state index contributed by atoms with van der Waals surface area (Å²) in [6.45, 7) is 0. The molecule has 0 radical (unpaired) electrons. The first-order chi connectivity index (χ1) is 13.8. The van der Waals surface area contributed by atoms with Gasteiger partial charge in [-0.2, -0.15) is 13.2 Å². The summed E-state index contributed by atoms with van der Waals surface area (Å²) in [6, 6.07) is 15.8. The van der Waals surface area contributed by atoms with Crippen LogP contribution in [-0.4, -0.2) is 18.2 Å². The van der Waals surface area contributed by atoms with E-state index < -0.39 is 17.7 Å². The van der Waals surface area contributed by atoms with Crippen molar-refractivity contribution in [2.75, 3.05) is 17.7 Å². The zero-order chi connectivity index (χ0) is 21.0. The Bertz CT molecular complexity index is 1030. The standard InChI is InChI=1S/C20H15F3N2O2S2/c1-27-18(26)15-11-16(12-6-3-2-4-7-12)29-17(15)25-19(28)24-14-9-5-8-13(10-14)20(21,22)23/h2-11H,1H3,(H2,24,25,28). The highest BCUT2D eigenvalue weighted by Crippen LogP contribution is 2.36. The van der Waals surface area contributed by atoms with Crippen molar-refractivity contribution in [1.29, 1.82) is 0 Å². The third-order valence-electron chi connectivity index (χ3n) is 3.87. The Kier molecular flexibility index (Phi) is 6.19. The van der Waals surface area contributed by atoms with Gasteiger partial charge in [-0.15, -0.1) is 11.3 Å². The van der Waals surface area contributed by atoms with Gasteiger partial charge in [-0.3, -0.25) is 0 Å². The number of rotatable bonds is 4. The highest BCUT2D eigenvalue weighted by molar-refractivity contribution is 7.80. The topological polar surface area (TPSA) is 50.4 Å². The van der Waals surface area contributed by atoms with Gasteiger partial charge in [-0.1, -0.05) is 36.4 Å². The number of nitrogens with one attached hydrogen (secondary N) is 2. The number of esters is 1. The summed E-state index contributed by atoms with van der Waals surface area (Å²) in [5.74, 6) is -0.548. The van der Waals surface area contributed by atoms with Crippen LogP contribution < -0.4 is 10.6 Å². The summed E-state index contributed by atoms with van der Waals surface area (Å²) in [4.78, 5) is 12.9. The molecule has 29 heavy (non-hydrogen) atoms. The number of methoxy groups -OCH3 is 1. The monoisotopic (exact) mass is 436 g/mol. The fraction of sp³-hybridized carbons (Fsp3) is 0.100. The summed E-state index contributed by atoms with van der Waals surface area (Å²) < 4.78 is 43.4. The Labute approximate surface area is 174 Å². The van der Waals surface area contributed by atoms with Crippen LogP contribution >= 0.6 is 23.6 Å². The zero-order valence-electron chi connectivity index (χ0n) is 15.0. The third-order valence-corrected chi connectivity index (χ3v) is 5.17. The molecule has 0 bridgehead atoms. The van der Waals surface area contributed by atoms with Crippen LogP contribution in [0.15, 0.2) is 60.7 Å². The molecule has 0 aliphatic carbocycles. The van der Waals surface area contributed by atoms with E-state index >= 15 is 0 Å². The lowest BCUT2D eigenvalue weighted by molar-refractivity contribution is -0.137. The number of carbonyl (C=O) groups is 1. The quantitative estimate of drug-likeness (QED) is 0.386. The lowest BCUT2D eigenvalue weighted by atomic mass is 10.1. The molecule has 150 valence electrons. The van der Waals surface area contributed by atoms with Crippen LogP contribution in [0, 0.1) is 0 Å². The van der Waals surface area contributed by atoms with Crippen LogP contribution in [0.1, 0.15) is 15.9 Å². The fourth-order valence-electron chi connectivity index (χ4n) is 2.53. The van der Waals surface area contributed by atoms with Gasteiger partial charge in [0.1, 0.15) is 5.00 Å². The van der Waals surface area contributed by atoms with Gasteiger partial charge in [-0.05, 0) is 42.0 Å². The second kappa shape index (κ2) is 8.62. The first-order valence-electron chi connectivity index (χ1n) is 8.31. The molecule has 1 aromatic heterocycles. The predicted octanol–water partition coefficient (Wildman–Crippen LogP) is 6.03. The van der Waals surface area contributed by atoms with Crippen molar-refractivity contribution in [3.05, 3.63) is 71.8 Å². The van der Waals surface area contributed by atoms with Gasteiger partial charge in [0.25, 0.3) is 0 Å². The summed E-state index contributed by atoms with van der Waals surface area (Å²) in [6.07, 6.45) is -4.46. The van der Waals surface area contributed by atoms with Gasteiger partial charge in [0.05, 0.1) is 18.2 Å². The van der Waals surface area contributed by atoms with Crippen LogP contribution in [0.4, 0.5) is 23.9 Å². The minimum Gasteiger partial charge on any atom is -0.465 e. The molecule has 3 rings (SSSR count). The van der Waals surface area contributed by atoms with Crippen molar-refractivity contribution in [1.82, 2.24) is 0 Å². The Morgan fingerprint density at radius 2 is 1.76 bits per heavy atom. The first kappa shape index (κ1) is 20.8. The number of thiocarbonyl (C=S) groups is 1. The number of benzene rings is 2. The molecular formula is C20H15F3N2O2S2. The molecule has 0 amide bonds. The molecule has 0 saturated carbocycles. The van der Waals surface area contributed by atoms with Gasteiger partial charge in [0.15, 0.2) is 5.11 Å². The van der Waals surface area contributed by atoms with E-state index in [9.17, 15) is 18.0 Å². The largest absolute Gasteiger partial charge is 0.465 e. The number of hydrogen-bond donors (Lipinski definition) is 2. The lowest BCUT2D eigenvalue weighted by Crippen LogP contribution is -2.20. The highest BCUT2D eigenvalue weighted by atomic mass is 32.1. The molecular weight excluding hydrogens is 421 g/mol. The minimum absolute atomic E-state index is 0.0518. The molecule has 0 spiro atoms. The molecule has 2 aromatic carbocycles. The van der Waals surface area contributed by atoms with Crippen molar-refractivity contribution < 1.29 is 22.7 Å². The van der Waals surface area contributed by atoms with Crippen molar-refractivity contribution in [2.24, 2.45) is 0 Å². The molecule has 2 N–H and O–H groups in total. The van der Waals surface area contributed by atoms with E-state index in [1.165, 1.54) is 30.6 Å². The van der Waals surface area contributed by atoms with Crippen LogP contribution in [0.3, 0.4) is 0 Å². The molecule has 0 fully saturated rings. The van der Waals surface area contributed by atoms with Gasteiger partial charge in [0.2, 0.25) is 0 Å². The molecule has 0 saturated heterocycles. The summed E-state index contributed by atoms with van der Waals surface area (Å²) in [5.41, 5.74) is 0.580. The van der Waals surface area contributed by atoms with Crippen LogP contribution in [-0.2, 0) is 10.9 Å². The molecule has 3 aromatic rings. The average Bonchev–Trinajstić information content (AvgIpc) is 3.11. The lowest BCUT2D eigenvalue weighted by Gasteiger charge is -2.12. The van der Waals surface area contributed by atoms with Crippen molar-refractivity contribution in [3.8, 4) is 10.4 Å². The van der Waals surface area contributed by atoms with Crippen molar-refractivity contribution in [2.45, 2.75) is 6.18 Å². The smallest absolute Gasteiger partial charge is 0.416 e. The third kappa shape index (κ3) is 5.12. The molecule has 0 unspecified atom stereocenters. The maximum atomic E-state index is 12.9. The maximum Gasteiger partial charge on any atom is 0.416 e. The SMILES string of the molecule is COC(=O)c1cc(-c2ccccc2)sc1NC(=S)Nc1cccc(C(F)(F)F)c1. The number of halogens is 3. The van der Waals surface area contributed by atoms with Crippen molar-refractivity contribution in [3.63, 3.8) is 0 Å². The van der Waals surface area contributed by atoms with Gasteiger partial charge < -0.3 is 15.4 Å². The van der Waals surface area contributed by atoms with Crippen LogP contribution in [0.5, 0.6) is 0 Å². The summed E-state index contributed by atoms with van der Waals surface area (Å²) >= 11 is 6.50. The number of thiophene rings is 1. The number of carbonyl (C=O) groups excluding carboxylic acids is 1. The van der Waals surface area contributed by atoms with Gasteiger partial charge >= 0.3 is 12.1 Å². The van der Waals surface area contributed by atoms with E-state index in [1.807, 2.05) is 30.3 Å². The number of alkyl halides is 3. The van der Waals surface area contributed by atoms with Crippen LogP contribution in [0.2, 0.25) is 0 Å². The molecule has 0 atom stereocenters. The zero-order valence-corrected chi connectivity index (χ0v) is 16.7. The number of anilines is 2. The van der Waals surface area contributed by atoms with E-state index in [-0.39, 0.29) is 16.4 Å². The minimum atomic E-state index is -4.46. The Balaban J connectivity index is 1.83. The van der Waals surface area contributed by atoms with E-state index in [0.29, 0.717) is 5.00 Å². The highest BCUT2D eigenvalue weighted by Gasteiger charge is 2.30. The van der Waals surface area contributed by atoms with E-state index in [2.05, 4.69) is 10.6 Å². The second-order valence-corrected chi connectivity index (χ2v) is 7.33. The molecule has 1 heterocycles. The van der Waals surface area contributed by atoms with Crippen molar-refractivity contribution >= 4 is 45.3 Å². The van der Waals surface area contributed by atoms with E-state index in [4.69, 9.17) is 17.0 Å². The number of ether oxygens (including phenoxy) is 1. The molecule has 4 nitrogen and oxygen atoms in total. The van der Waals surface area contributed by atoms with E-state index in [0.717, 1.165) is 22.6 Å². The Hall–Kier alpha value is -2.91. The predicted molar refractivity (Wildman–Crippen MR) is 112 cm³/mol. The fourth-order valence-corrected chi connectivity index (χ4v) is 3.87. The molecule has 0 aliphatic rings. The summed E-state index contributed by atoms with van der Waals surface area (Å²) in [5, 5.41) is 6.07. The molecule has 0 aliphatic heterocycles. The first-order valence-corrected chi connectivity index (χ1v) is 9.53. The van der Waals surface area contributed by atoms with E-state index in [1.54, 1.807) is 6.07 Å². The van der Waals surface area contributed by atoms with Gasteiger partial charge in [0, 0.05) is 10.6 Å². The van der Waals surface area contributed by atoms with Crippen LogP contribution in [0.25, 0.3) is 10.4 Å². The summed E-state index contributed by atoms with van der Waals surface area (Å²) in [7, 11) is 1.27. The molecule has 9 heteroatoms. The Morgan fingerprint density at radius 1 is 1.03 bits per heavy atom. The number of hydrogen-bond acceptors (Lipinski definition) is 4. The second-order valence-electron chi connectivity index (χ2n) is 5.87.